The monoisotopic (exact) mass is 281 g/mol. The number of nitrogens with zero attached hydrogens (tertiary/aromatic N) is 3. The first-order chi connectivity index (χ1) is 10.2. The molecule has 0 fully saturated rings. The molecule has 0 aliphatic carbocycles. The van der Waals surface area contributed by atoms with Gasteiger partial charge >= 0.3 is 6.01 Å². The van der Waals surface area contributed by atoms with Crippen LogP contribution < -0.4 is 11.1 Å². The zero-order valence-corrected chi connectivity index (χ0v) is 11.5. The predicted octanol–water partition coefficient (Wildman–Crippen LogP) is 2.89. The number of hydrogen-bond donors (Lipinski definition) is 2. The van der Waals surface area contributed by atoms with E-state index in [4.69, 9.17) is 10.2 Å². The van der Waals surface area contributed by atoms with Crippen molar-refractivity contribution in [3.05, 3.63) is 54.7 Å². The molecule has 0 amide bonds. The van der Waals surface area contributed by atoms with Gasteiger partial charge in [0, 0.05) is 18.1 Å². The van der Waals surface area contributed by atoms with Gasteiger partial charge in [0.1, 0.15) is 0 Å². The van der Waals surface area contributed by atoms with Gasteiger partial charge in [0.25, 0.3) is 0 Å². The van der Waals surface area contributed by atoms with E-state index < -0.39 is 0 Å². The van der Waals surface area contributed by atoms with Crippen LogP contribution in [0.1, 0.15) is 18.9 Å². The highest BCUT2D eigenvalue weighted by Gasteiger charge is 2.09. The first-order valence-electron chi connectivity index (χ1n) is 6.59. The van der Waals surface area contributed by atoms with Crippen LogP contribution in [0.25, 0.3) is 11.1 Å². The van der Waals surface area contributed by atoms with Crippen LogP contribution in [-0.2, 0) is 0 Å². The number of anilines is 2. The molecule has 6 nitrogen and oxygen atoms in total. The Bertz CT molecular complexity index is 706. The van der Waals surface area contributed by atoms with Gasteiger partial charge in [-0.25, -0.2) is 0 Å². The van der Waals surface area contributed by atoms with E-state index in [2.05, 4.69) is 20.5 Å². The Kier molecular flexibility index (Phi) is 3.61. The maximum absolute atomic E-state index is 5.68. The molecule has 2 heterocycles. The topological polar surface area (TPSA) is 89.9 Å². The summed E-state index contributed by atoms with van der Waals surface area (Å²) in [5.74, 6) is 0.408. The molecular formula is C15H15N5O. The lowest BCUT2D eigenvalue weighted by molar-refractivity contribution is 0.475. The van der Waals surface area contributed by atoms with Crippen molar-refractivity contribution >= 4 is 11.7 Å². The Morgan fingerprint density at radius 3 is 2.29 bits per heavy atom. The maximum Gasteiger partial charge on any atom is 0.320 e. The van der Waals surface area contributed by atoms with Crippen LogP contribution in [0.15, 0.2) is 53.2 Å². The highest BCUT2D eigenvalue weighted by atomic mass is 16.4. The molecule has 106 valence electrons. The third-order valence-corrected chi connectivity index (χ3v) is 2.98. The number of benzene rings is 1. The summed E-state index contributed by atoms with van der Waals surface area (Å²) in [6, 6.07) is 11.9. The van der Waals surface area contributed by atoms with Crippen molar-refractivity contribution in [1.82, 2.24) is 15.2 Å². The lowest BCUT2D eigenvalue weighted by Gasteiger charge is -2.04. The van der Waals surface area contributed by atoms with E-state index in [1.807, 2.05) is 36.4 Å². The molecule has 0 aliphatic heterocycles. The van der Waals surface area contributed by atoms with E-state index in [9.17, 15) is 0 Å². The first-order valence-corrected chi connectivity index (χ1v) is 6.59. The summed E-state index contributed by atoms with van der Waals surface area (Å²) < 4.78 is 5.40. The summed E-state index contributed by atoms with van der Waals surface area (Å²) in [4.78, 5) is 4.01. The van der Waals surface area contributed by atoms with Gasteiger partial charge in [0.15, 0.2) is 0 Å². The number of hydrogen-bond acceptors (Lipinski definition) is 6. The summed E-state index contributed by atoms with van der Waals surface area (Å²) in [5.41, 5.74) is 8.78. The molecule has 0 saturated carbocycles. The van der Waals surface area contributed by atoms with Crippen molar-refractivity contribution in [2.24, 2.45) is 5.73 Å². The Morgan fingerprint density at radius 2 is 1.67 bits per heavy atom. The summed E-state index contributed by atoms with van der Waals surface area (Å²) in [5, 5.41) is 10.8. The highest BCUT2D eigenvalue weighted by Crippen LogP contribution is 2.22. The minimum Gasteiger partial charge on any atom is -0.406 e. The van der Waals surface area contributed by atoms with Crippen molar-refractivity contribution in [2.45, 2.75) is 13.0 Å². The van der Waals surface area contributed by atoms with E-state index in [1.165, 1.54) is 0 Å². The summed E-state index contributed by atoms with van der Waals surface area (Å²) in [7, 11) is 0. The van der Waals surface area contributed by atoms with Gasteiger partial charge in [-0.05, 0) is 42.3 Å². The summed E-state index contributed by atoms with van der Waals surface area (Å²) in [6.07, 6.45) is 3.55. The average molecular weight is 281 g/mol. The summed E-state index contributed by atoms with van der Waals surface area (Å²) >= 11 is 0. The van der Waals surface area contributed by atoms with Crippen LogP contribution in [0.5, 0.6) is 0 Å². The molecule has 0 spiro atoms. The van der Waals surface area contributed by atoms with Gasteiger partial charge in [-0.1, -0.05) is 17.2 Å². The number of pyridine rings is 1. The van der Waals surface area contributed by atoms with Crippen LogP contribution >= 0.6 is 0 Å². The number of nitrogens with one attached hydrogen (secondary N) is 1. The Morgan fingerprint density at radius 1 is 1.00 bits per heavy atom. The van der Waals surface area contributed by atoms with E-state index in [-0.39, 0.29) is 6.04 Å². The van der Waals surface area contributed by atoms with Gasteiger partial charge < -0.3 is 15.5 Å². The second-order valence-electron chi connectivity index (χ2n) is 4.67. The molecule has 0 bridgehead atoms. The Hall–Kier alpha value is -2.73. The highest BCUT2D eigenvalue weighted by molar-refractivity contribution is 5.66. The first kappa shape index (κ1) is 13.3. The fourth-order valence-corrected chi connectivity index (χ4v) is 1.88. The molecule has 1 aromatic carbocycles. The predicted molar refractivity (Wildman–Crippen MR) is 79.9 cm³/mol. The Balaban J connectivity index is 1.75. The molecule has 3 aromatic rings. The van der Waals surface area contributed by atoms with E-state index in [0.29, 0.717) is 11.9 Å². The largest absolute Gasteiger partial charge is 0.406 e. The van der Waals surface area contributed by atoms with Crippen molar-refractivity contribution in [3.8, 4) is 11.1 Å². The van der Waals surface area contributed by atoms with Crippen LogP contribution in [0, 0.1) is 0 Å². The molecular weight excluding hydrogens is 266 g/mol. The fraction of sp³-hybridized carbons (Fsp3) is 0.133. The minimum absolute atomic E-state index is 0.276. The lowest BCUT2D eigenvalue weighted by Crippen LogP contribution is -2.04. The van der Waals surface area contributed by atoms with Gasteiger partial charge in [-0.15, -0.1) is 5.10 Å². The maximum atomic E-state index is 5.68. The van der Waals surface area contributed by atoms with Crippen LogP contribution in [0.4, 0.5) is 11.7 Å². The molecule has 1 atom stereocenters. The fourth-order valence-electron chi connectivity index (χ4n) is 1.88. The molecule has 3 rings (SSSR count). The van der Waals surface area contributed by atoms with Gasteiger partial charge in [0.2, 0.25) is 5.89 Å². The number of nitrogens with two attached hydrogens (primary N) is 1. The van der Waals surface area contributed by atoms with Gasteiger partial charge in [-0.2, -0.15) is 0 Å². The van der Waals surface area contributed by atoms with Gasteiger partial charge in [0.05, 0.1) is 6.04 Å². The average Bonchev–Trinajstić information content (AvgIpc) is 2.98. The van der Waals surface area contributed by atoms with Crippen molar-refractivity contribution in [1.29, 1.82) is 0 Å². The molecule has 21 heavy (non-hydrogen) atoms. The zero-order valence-electron chi connectivity index (χ0n) is 11.5. The van der Waals surface area contributed by atoms with Gasteiger partial charge in [-0.3, -0.25) is 4.98 Å². The molecule has 2 aromatic heterocycles. The molecule has 0 aliphatic rings. The second-order valence-corrected chi connectivity index (χ2v) is 4.67. The number of rotatable bonds is 4. The van der Waals surface area contributed by atoms with Crippen LogP contribution in [0.2, 0.25) is 0 Å². The quantitative estimate of drug-likeness (QED) is 0.764. The third kappa shape index (κ3) is 3.06. The standard InChI is InChI=1S/C15H15N5O/c1-10(16)14-19-20-15(21-14)18-13-4-2-11(3-5-13)12-6-8-17-9-7-12/h2-10H,16H2,1H3,(H,18,20). The summed E-state index contributed by atoms with van der Waals surface area (Å²) in [6.45, 7) is 1.79. The third-order valence-electron chi connectivity index (χ3n) is 2.98. The minimum atomic E-state index is -0.276. The molecule has 0 radical (unpaired) electrons. The van der Waals surface area contributed by atoms with Crippen LogP contribution in [-0.4, -0.2) is 15.2 Å². The molecule has 6 heteroatoms. The van der Waals surface area contributed by atoms with Crippen molar-refractivity contribution in [3.63, 3.8) is 0 Å². The number of aromatic nitrogens is 3. The van der Waals surface area contributed by atoms with E-state index in [1.54, 1.807) is 19.3 Å². The van der Waals surface area contributed by atoms with E-state index in [0.717, 1.165) is 16.8 Å². The molecule has 1 unspecified atom stereocenters. The molecule has 3 N–H and O–H groups in total. The molecule has 0 saturated heterocycles. The normalized spacial score (nSPS) is 12.1. The van der Waals surface area contributed by atoms with Crippen molar-refractivity contribution < 1.29 is 4.42 Å². The van der Waals surface area contributed by atoms with Crippen LogP contribution in [0.3, 0.4) is 0 Å². The van der Waals surface area contributed by atoms with Crippen molar-refractivity contribution in [2.75, 3.05) is 5.32 Å². The second kappa shape index (κ2) is 5.72. The Labute approximate surface area is 122 Å². The smallest absolute Gasteiger partial charge is 0.320 e. The SMILES string of the molecule is CC(N)c1nnc(Nc2ccc(-c3ccncc3)cc2)o1. The zero-order chi connectivity index (χ0) is 14.7. The van der Waals surface area contributed by atoms with E-state index >= 15 is 0 Å². The lowest BCUT2D eigenvalue weighted by atomic mass is 10.1.